The third-order valence-corrected chi connectivity index (χ3v) is 3.38. The van der Waals surface area contributed by atoms with Crippen molar-refractivity contribution in [1.82, 2.24) is 15.6 Å². The van der Waals surface area contributed by atoms with Crippen LogP contribution in [-0.2, 0) is 13.0 Å². The molecule has 0 saturated carbocycles. The Morgan fingerprint density at radius 3 is 2.71 bits per heavy atom. The summed E-state index contributed by atoms with van der Waals surface area (Å²) in [5.74, 6) is 1.22. The van der Waals surface area contributed by atoms with E-state index in [0.29, 0.717) is 18.0 Å². The minimum Gasteiger partial charge on any atom is -0.444 e. The first-order chi connectivity index (χ1) is 10.1. The molecule has 1 aromatic heterocycles. The molecule has 0 radical (unpaired) electrons. The molecule has 112 valence electrons. The van der Waals surface area contributed by atoms with E-state index in [1.54, 1.807) is 0 Å². The van der Waals surface area contributed by atoms with Crippen LogP contribution in [0.2, 0.25) is 0 Å². The molecule has 5 heteroatoms. The van der Waals surface area contributed by atoms with E-state index in [2.05, 4.69) is 15.6 Å². The van der Waals surface area contributed by atoms with Crippen LogP contribution in [0, 0.1) is 13.8 Å². The van der Waals surface area contributed by atoms with Crippen molar-refractivity contribution in [1.29, 1.82) is 0 Å². The normalized spacial score (nSPS) is 10.6. The fourth-order valence-electron chi connectivity index (χ4n) is 2.09. The van der Waals surface area contributed by atoms with Crippen molar-refractivity contribution in [3.05, 3.63) is 52.7 Å². The summed E-state index contributed by atoms with van der Waals surface area (Å²) in [5, 5.41) is 5.95. The number of oxazole rings is 1. The Labute approximate surface area is 124 Å². The van der Waals surface area contributed by atoms with Gasteiger partial charge in [0, 0.05) is 5.56 Å². The fourth-order valence-corrected chi connectivity index (χ4v) is 2.09. The minimum absolute atomic E-state index is 0.102. The van der Waals surface area contributed by atoms with Crippen molar-refractivity contribution in [2.75, 3.05) is 13.6 Å². The van der Waals surface area contributed by atoms with E-state index in [4.69, 9.17) is 4.42 Å². The number of carbonyl (C=O) groups excluding carboxylic acids is 1. The molecule has 0 spiro atoms. The zero-order valence-corrected chi connectivity index (χ0v) is 12.7. The summed E-state index contributed by atoms with van der Waals surface area (Å²) in [4.78, 5) is 16.5. The zero-order chi connectivity index (χ0) is 15.2. The lowest BCUT2D eigenvalue weighted by Gasteiger charge is -2.09. The van der Waals surface area contributed by atoms with E-state index >= 15 is 0 Å². The Kier molecular flexibility index (Phi) is 5.11. The van der Waals surface area contributed by atoms with Crippen molar-refractivity contribution in [3.8, 4) is 0 Å². The van der Waals surface area contributed by atoms with E-state index in [1.165, 1.54) is 0 Å². The van der Waals surface area contributed by atoms with E-state index in [1.807, 2.05) is 45.2 Å². The van der Waals surface area contributed by atoms with Crippen LogP contribution in [0.4, 0.5) is 0 Å². The van der Waals surface area contributed by atoms with Crippen molar-refractivity contribution in [2.45, 2.75) is 26.8 Å². The van der Waals surface area contributed by atoms with Crippen LogP contribution in [0.5, 0.6) is 0 Å². The highest BCUT2D eigenvalue weighted by atomic mass is 16.4. The molecule has 0 bridgehead atoms. The number of likely N-dealkylation sites (N-methyl/N-ethyl adjacent to an activating group) is 1. The minimum atomic E-state index is -0.102. The molecule has 2 aromatic rings. The summed E-state index contributed by atoms with van der Waals surface area (Å²) < 4.78 is 5.46. The second kappa shape index (κ2) is 7.04. The van der Waals surface area contributed by atoms with Gasteiger partial charge in [0.15, 0.2) is 0 Å². The number of benzene rings is 1. The van der Waals surface area contributed by atoms with Crippen LogP contribution in [0.15, 0.2) is 28.7 Å². The van der Waals surface area contributed by atoms with Crippen molar-refractivity contribution < 1.29 is 9.21 Å². The lowest BCUT2D eigenvalue weighted by atomic mass is 10.0. The van der Waals surface area contributed by atoms with Gasteiger partial charge in [-0.15, -0.1) is 0 Å². The zero-order valence-electron chi connectivity index (χ0n) is 12.7. The molecule has 0 aliphatic carbocycles. The third kappa shape index (κ3) is 3.92. The average molecular weight is 287 g/mol. The Hall–Kier alpha value is -2.14. The van der Waals surface area contributed by atoms with Crippen LogP contribution < -0.4 is 10.6 Å². The van der Waals surface area contributed by atoms with Gasteiger partial charge in [0.05, 0.1) is 12.2 Å². The Bertz CT molecular complexity index is 600. The number of aromatic nitrogens is 1. The van der Waals surface area contributed by atoms with Gasteiger partial charge >= 0.3 is 0 Å². The number of hydrogen-bond donors (Lipinski definition) is 2. The summed E-state index contributed by atoms with van der Waals surface area (Å²) in [6.45, 7) is 4.88. The van der Waals surface area contributed by atoms with Gasteiger partial charge in [0.1, 0.15) is 5.76 Å². The predicted octanol–water partition coefficient (Wildman–Crippen LogP) is 1.98. The molecule has 0 fully saturated rings. The third-order valence-electron chi connectivity index (χ3n) is 3.38. The van der Waals surface area contributed by atoms with E-state index < -0.39 is 0 Å². The van der Waals surface area contributed by atoms with Crippen molar-refractivity contribution >= 4 is 5.91 Å². The molecular formula is C16H21N3O2. The van der Waals surface area contributed by atoms with E-state index in [0.717, 1.165) is 30.0 Å². The quantitative estimate of drug-likeness (QED) is 0.852. The molecule has 0 saturated heterocycles. The van der Waals surface area contributed by atoms with Gasteiger partial charge in [-0.25, -0.2) is 4.98 Å². The highest BCUT2D eigenvalue weighted by Crippen LogP contribution is 2.11. The summed E-state index contributed by atoms with van der Waals surface area (Å²) in [7, 11) is 1.90. The summed E-state index contributed by atoms with van der Waals surface area (Å²) in [6, 6.07) is 7.64. The number of nitrogens with one attached hydrogen (secondary N) is 2. The van der Waals surface area contributed by atoms with Gasteiger partial charge < -0.3 is 15.1 Å². The van der Waals surface area contributed by atoms with Crippen LogP contribution in [0.3, 0.4) is 0 Å². The smallest absolute Gasteiger partial charge is 0.251 e. The Morgan fingerprint density at radius 2 is 2.05 bits per heavy atom. The molecule has 1 amide bonds. The molecule has 1 aromatic carbocycles. The number of nitrogens with zero attached hydrogens (tertiary/aromatic N) is 1. The molecule has 1 heterocycles. The second-order valence-corrected chi connectivity index (χ2v) is 4.94. The SMILES string of the molecule is CNCCc1ccccc1C(=O)NCc1nc(C)c(C)o1. The summed E-state index contributed by atoms with van der Waals surface area (Å²) in [5.41, 5.74) is 2.59. The van der Waals surface area contributed by atoms with Crippen molar-refractivity contribution in [2.24, 2.45) is 0 Å². The first-order valence-corrected chi connectivity index (χ1v) is 7.05. The van der Waals surface area contributed by atoms with Crippen LogP contribution in [0.1, 0.15) is 33.3 Å². The lowest BCUT2D eigenvalue weighted by molar-refractivity contribution is 0.0946. The lowest BCUT2D eigenvalue weighted by Crippen LogP contribution is -2.25. The molecule has 2 N–H and O–H groups in total. The maximum absolute atomic E-state index is 12.3. The Balaban J connectivity index is 2.03. The highest BCUT2D eigenvalue weighted by Gasteiger charge is 2.12. The van der Waals surface area contributed by atoms with Gasteiger partial charge in [0.2, 0.25) is 5.89 Å². The average Bonchev–Trinajstić information content (AvgIpc) is 2.81. The number of rotatable bonds is 6. The van der Waals surface area contributed by atoms with Gasteiger partial charge in [-0.05, 0) is 45.5 Å². The number of amides is 1. The first kappa shape index (κ1) is 15.3. The molecule has 0 aliphatic rings. The topological polar surface area (TPSA) is 67.2 Å². The summed E-state index contributed by atoms with van der Waals surface area (Å²) >= 11 is 0. The molecule has 0 aliphatic heterocycles. The van der Waals surface area contributed by atoms with Gasteiger partial charge in [-0.1, -0.05) is 18.2 Å². The standard InChI is InChI=1S/C16H21N3O2/c1-11-12(2)21-15(19-11)10-18-16(20)14-7-5-4-6-13(14)8-9-17-3/h4-7,17H,8-10H2,1-3H3,(H,18,20). The predicted molar refractivity (Wildman–Crippen MR) is 81.2 cm³/mol. The second-order valence-electron chi connectivity index (χ2n) is 4.94. The Morgan fingerprint density at radius 1 is 1.29 bits per heavy atom. The van der Waals surface area contributed by atoms with Crippen LogP contribution >= 0.6 is 0 Å². The van der Waals surface area contributed by atoms with Crippen LogP contribution in [-0.4, -0.2) is 24.5 Å². The maximum Gasteiger partial charge on any atom is 0.251 e. The van der Waals surface area contributed by atoms with Gasteiger partial charge in [-0.3, -0.25) is 4.79 Å². The monoisotopic (exact) mass is 287 g/mol. The molecule has 0 unspecified atom stereocenters. The van der Waals surface area contributed by atoms with Crippen LogP contribution in [0.25, 0.3) is 0 Å². The van der Waals surface area contributed by atoms with E-state index in [-0.39, 0.29) is 5.91 Å². The molecule has 21 heavy (non-hydrogen) atoms. The number of hydrogen-bond acceptors (Lipinski definition) is 4. The maximum atomic E-state index is 12.3. The van der Waals surface area contributed by atoms with Gasteiger partial charge in [0.25, 0.3) is 5.91 Å². The fraction of sp³-hybridized carbons (Fsp3) is 0.375. The first-order valence-electron chi connectivity index (χ1n) is 7.05. The largest absolute Gasteiger partial charge is 0.444 e. The summed E-state index contributed by atoms with van der Waals surface area (Å²) in [6.07, 6.45) is 0.817. The van der Waals surface area contributed by atoms with Gasteiger partial charge in [-0.2, -0.15) is 0 Å². The van der Waals surface area contributed by atoms with Crippen molar-refractivity contribution in [3.63, 3.8) is 0 Å². The molecular weight excluding hydrogens is 266 g/mol. The molecule has 5 nitrogen and oxygen atoms in total. The number of aryl methyl sites for hydroxylation is 2. The van der Waals surface area contributed by atoms with E-state index in [9.17, 15) is 4.79 Å². The highest BCUT2D eigenvalue weighted by molar-refractivity contribution is 5.95. The number of carbonyl (C=O) groups is 1. The molecule has 0 atom stereocenters. The molecule has 2 rings (SSSR count).